The van der Waals surface area contributed by atoms with Gasteiger partial charge in [-0.1, -0.05) is 29.8 Å². The number of carbonyl (C=O) groups is 1. The van der Waals surface area contributed by atoms with Crippen LogP contribution in [0.15, 0.2) is 72.4 Å². The molecule has 2 N–H and O–H groups in total. The Morgan fingerprint density at radius 1 is 1.17 bits per heavy atom. The van der Waals surface area contributed by atoms with E-state index in [-0.39, 0.29) is 12.5 Å². The minimum atomic E-state index is -0.789. The van der Waals surface area contributed by atoms with Crippen molar-refractivity contribution in [1.82, 2.24) is 4.98 Å². The van der Waals surface area contributed by atoms with Crippen LogP contribution in [0.5, 0.6) is 5.75 Å². The highest BCUT2D eigenvalue weighted by Gasteiger charge is 2.16. The molecule has 2 aromatic heterocycles. The lowest BCUT2D eigenvalue weighted by Gasteiger charge is -2.13. The number of nitrogens with one attached hydrogen (secondary N) is 1. The molecule has 0 saturated heterocycles. The Kier molecular flexibility index (Phi) is 5.76. The van der Waals surface area contributed by atoms with E-state index in [2.05, 4.69) is 10.3 Å². The lowest BCUT2D eigenvalue weighted by molar-refractivity contribution is -0.118. The van der Waals surface area contributed by atoms with Crippen LogP contribution in [-0.4, -0.2) is 22.6 Å². The molecule has 0 bridgehead atoms. The summed E-state index contributed by atoms with van der Waals surface area (Å²) in [6.07, 6.45) is 2.69. The van der Waals surface area contributed by atoms with E-state index in [1.54, 1.807) is 30.6 Å². The number of rotatable bonds is 6. The molecule has 1 amide bonds. The summed E-state index contributed by atoms with van der Waals surface area (Å²) >= 11 is 7.76. The SMILES string of the molecule is O=C(COc1ccc(C(O)c2cccs2)c(Cl)c1)Nc1ccc2cnccc2c1. The molecule has 2 heterocycles. The number of aliphatic hydroxyl groups is 1. The van der Waals surface area contributed by atoms with Gasteiger partial charge in [-0.2, -0.15) is 0 Å². The number of benzene rings is 2. The van der Waals surface area contributed by atoms with Crippen molar-refractivity contribution in [3.05, 3.63) is 87.8 Å². The molecule has 0 aliphatic rings. The normalized spacial score (nSPS) is 11.9. The highest BCUT2D eigenvalue weighted by molar-refractivity contribution is 7.10. The zero-order chi connectivity index (χ0) is 20.2. The van der Waals surface area contributed by atoms with Crippen molar-refractivity contribution in [2.45, 2.75) is 6.10 Å². The van der Waals surface area contributed by atoms with E-state index >= 15 is 0 Å². The van der Waals surface area contributed by atoms with Crippen molar-refractivity contribution in [1.29, 1.82) is 0 Å². The molecule has 4 aromatic rings. The monoisotopic (exact) mass is 424 g/mol. The number of fused-ring (bicyclic) bond motifs is 1. The second-order valence-corrected chi connectivity index (χ2v) is 7.76. The molecule has 7 heteroatoms. The van der Waals surface area contributed by atoms with Gasteiger partial charge in [-0.3, -0.25) is 9.78 Å². The Morgan fingerprint density at radius 2 is 2.07 bits per heavy atom. The zero-order valence-corrected chi connectivity index (χ0v) is 16.8. The minimum Gasteiger partial charge on any atom is -0.484 e. The maximum Gasteiger partial charge on any atom is 0.262 e. The van der Waals surface area contributed by atoms with Crippen LogP contribution in [0.3, 0.4) is 0 Å². The third-order valence-corrected chi connectivity index (χ3v) is 5.63. The molecule has 0 saturated carbocycles. The molecule has 29 heavy (non-hydrogen) atoms. The predicted octanol–water partition coefficient (Wildman–Crippen LogP) is 5.05. The number of hydrogen-bond acceptors (Lipinski definition) is 5. The molecule has 5 nitrogen and oxygen atoms in total. The number of hydrogen-bond donors (Lipinski definition) is 2. The highest BCUT2D eigenvalue weighted by Crippen LogP contribution is 2.33. The summed E-state index contributed by atoms with van der Waals surface area (Å²) in [4.78, 5) is 17.1. The van der Waals surface area contributed by atoms with E-state index in [4.69, 9.17) is 16.3 Å². The molecule has 1 atom stereocenters. The Morgan fingerprint density at radius 3 is 2.86 bits per heavy atom. The largest absolute Gasteiger partial charge is 0.484 e. The van der Waals surface area contributed by atoms with Crippen LogP contribution < -0.4 is 10.1 Å². The Bertz CT molecular complexity index is 1150. The van der Waals surface area contributed by atoms with Gasteiger partial charge in [-0.15, -0.1) is 11.3 Å². The molecule has 2 aromatic carbocycles. The number of aromatic nitrogens is 1. The molecule has 0 aliphatic heterocycles. The maximum atomic E-state index is 12.2. The molecule has 4 rings (SSSR count). The molecule has 0 spiro atoms. The first kappa shape index (κ1) is 19.4. The molecule has 0 radical (unpaired) electrons. The fraction of sp³-hybridized carbons (Fsp3) is 0.0909. The van der Waals surface area contributed by atoms with E-state index < -0.39 is 6.10 Å². The Labute approximate surface area is 176 Å². The quantitative estimate of drug-likeness (QED) is 0.454. The summed E-state index contributed by atoms with van der Waals surface area (Å²) in [5, 5.41) is 17.5. The lowest BCUT2D eigenvalue weighted by Crippen LogP contribution is -2.20. The first-order chi connectivity index (χ1) is 14.1. The molecule has 0 fully saturated rings. The number of aliphatic hydroxyl groups excluding tert-OH is 1. The molecule has 0 aliphatic carbocycles. The van der Waals surface area contributed by atoms with Gasteiger partial charge in [0.25, 0.3) is 5.91 Å². The first-order valence-electron chi connectivity index (χ1n) is 8.87. The first-order valence-corrected chi connectivity index (χ1v) is 10.1. The van der Waals surface area contributed by atoms with Gasteiger partial charge < -0.3 is 15.2 Å². The topological polar surface area (TPSA) is 71.5 Å². The summed E-state index contributed by atoms with van der Waals surface area (Å²) < 4.78 is 5.55. The van der Waals surface area contributed by atoms with Gasteiger partial charge in [0.2, 0.25) is 0 Å². The average Bonchev–Trinajstić information content (AvgIpc) is 3.27. The van der Waals surface area contributed by atoms with E-state index in [1.165, 1.54) is 11.3 Å². The fourth-order valence-corrected chi connectivity index (χ4v) is 3.93. The lowest BCUT2D eigenvalue weighted by atomic mass is 10.1. The molecular weight excluding hydrogens is 408 g/mol. The van der Waals surface area contributed by atoms with E-state index in [0.717, 1.165) is 15.6 Å². The second kappa shape index (κ2) is 8.61. The average molecular weight is 425 g/mol. The Balaban J connectivity index is 1.38. The van der Waals surface area contributed by atoms with Crippen LogP contribution in [0.1, 0.15) is 16.5 Å². The number of pyridine rings is 1. The molecular formula is C22H17ClN2O3S. The number of nitrogens with zero attached hydrogens (tertiary/aromatic N) is 1. The van der Waals surface area contributed by atoms with Crippen LogP contribution in [0.4, 0.5) is 5.69 Å². The molecule has 1 unspecified atom stereocenters. The van der Waals surface area contributed by atoms with Crippen molar-refractivity contribution in [2.75, 3.05) is 11.9 Å². The summed E-state index contributed by atoms with van der Waals surface area (Å²) in [6, 6.07) is 16.2. The van der Waals surface area contributed by atoms with E-state index in [1.807, 2.05) is 41.8 Å². The van der Waals surface area contributed by atoms with Crippen LogP contribution in [0.2, 0.25) is 5.02 Å². The Hall–Kier alpha value is -2.93. The van der Waals surface area contributed by atoms with Crippen LogP contribution >= 0.6 is 22.9 Å². The van der Waals surface area contributed by atoms with Crippen molar-refractivity contribution in [2.24, 2.45) is 0 Å². The minimum absolute atomic E-state index is 0.155. The second-order valence-electron chi connectivity index (χ2n) is 6.38. The number of anilines is 1. The van der Waals surface area contributed by atoms with E-state index in [0.29, 0.717) is 22.0 Å². The number of amides is 1. The van der Waals surface area contributed by atoms with Gasteiger partial charge >= 0.3 is 0 Å². The summed E-state index contributed by atoms with van der Waals surface area (Å²) in [7, 11) is 0. The van der Waals surface area contributed by atoms with Gasteiger partial charge in [0.1, 0.15) is 11.9 Å². The third-order valence-electron chi connectivity index (χ3n) is 4.37. The summed E-state index contributed by atoms with van der Waals surface area (Å²) in [5.41, 5.74) is 1.28. The van der Waals surface area contributed by atoms with Gasteiger partial charge in [-0.05, 0) is 47.2 Å². The van der Waals surface area contributed by atoms with Crippen molar-refractivity contribution >= 4 is 45.3 Å². The fourth-order valence-electron chi connectivity index (χ4n) is 2.93. The van der Waals surface area contributed by atoms with Crippen molar-refractivity contribution in [3.63, 3.8) is 0 Å². The van der Waals surface area contributed by atoms with Gasteiger partial charge in [0, 0.05) is 33.9 Å². The van der Waals surface area contributed by atoms with E-state index in [9.17, 15) is 9.90 Å². The van der Waals surface area contributed by atoms with Crippen molar-refractivity contribution < 1.29 is 14.6 Å². The number of ether oxygens (including phenoxy) is 1. The number of carbonyl (C=O) groups excluding carboxylic acids is 1. The summed E-state index contributed by atoms with van der Waals surface area (Å²) in [6.45, 7) is -0.155. The van der Waals surface area contributed by atoms with Gasteiger partial charge in [0.15, 0.2) is 6.61 Å². The number of thiophene rings is 1. The zero-order valence-electron chi connectivity index (χ0n) is 15.2. The van der Waals surface area contributed by atoms with Crippen LogP contribution in [0.25, 0.3) is 10.8 Å². The van der Waals surface area contributed by atoms with Crippen molar-refractivity contribution in [3.8, 4) is 5.75 Å². The standard InChI is InChI=1S/C22H17ClN2O3S/c23-19-11-17(5-6-18(19)22(27)20-2-1-9-29-20)28-13-21(26)25-16-4-3-15-12-24-8-7-14(15)10-16/h1-12,22,27H,13H2,(H,25,26). The summed E-state index contributed by atoms with van der Waals surface area (Å²) in [5.74, 6) is 0.175. The smallest absolute Gasteiger partial charge is 0.262 e. The van der Waals surface area contributed by atoms with Crippen LogP contribution in [-0.2, 0) is 4.79 Å². The maximum absolute atomic E-state index is 12.2. The third kappa shape index (κ3) is 4.56. The number of halogens is 1. The highest BCUT2D eigenvalue weighted by atomic mass is 35.5. The van der Waals surface area contributed by atoms with Crippen LogP contribution in [0, 0.1) is 0 Å². The van der Waals surface area contributed by atoms with Gasteiger partial charge in [0.05, 0.1) is 5.02 Å². The van der Waals surface area contributed by atoms with Gasteiger partial charge in [-0.25, -0.2) is 0 Å². The predicted molar refractivity (Wildman–Crippen MR) is 116 cm³/mol. The molecule has 146 valence electrons.